The second-order valence-electron chi connectivity index (χ2n) is 4.67. The highest BCUT2D eigenvalue weighted by atomic mass is 16.6. The number of anilines is 1. The molecule has 2 rings (SSSR count). The average Bonchev–Trinajstić information content (AvgIpc) is 2.88. The predicted octanol–water partition coefficient (Wildman–Crippen LogP) is -0.619. The monoisotopic (exact) mass is 374 g/mol. The van der Waals surface area contributed by atoms with Crippen molar-refractivity contribution in [1.82, 2.24) is 0 Å². The zero-order valence-corrected chi connectivity index (χ0v) is 12.8. The summed E-state index contributed by atoms with van der Waals surface area (Å²) in [5, 5.41) is 55.8. The number of aliphatic hydroxyl groups excluding tert-OH is 4. The van der Waals surface area contributed by atoms with Gasteiger partial charge < -0.3 is 30.6 Å². The second kappa shape index (κ2) is 8.56. The number of non-ortho nitro benzene ring substituents is 1. The van der Waals surface area contributed by atoms with Crippen LogP contribution in [0.5, 0.6) is 0 Å². The summed E-state index contributed by atoms with van der Waals surface area (Å²) in [6, 6.07) is 3.15. The minimum atomic E-state index is -1.42. The molecule has 1 aliphatic heterocycles. The molecule has 1 aromatic rings. The number of hydrazine groups is 1. The first-order chi connectivity index (χ1) is 12.1. The van der Waals surface area contributed by atoms with Crippen molar-refractivity contribution in [3.8, 4) is 0 Å². The van der Waals surface area contributed by atoms with Crippen LogP contribution in [-0.4, -0.2) is 55.1 Å². The molecule has 0 unspecified atom stereocenters. The highest BCUT2D eigenvalue weighted by Gasteiger charge is 2.38. The molecule has 14 nitrogen and oxygen atoms in total. The molecule has 0 bridgehead atoms. The molecule has 142 valence electrons. The maximum Gasteiger partial charge on any atom is 0.377 e. The number of nitro benzene ring substituents is 2. The van der Waals surface area contributed by atoms with Crippen LogP contribution in [0.2, 0.25) is 0 Å². The van der Waals surface area contributed by atoms with E-state index in [1.807, 2.05) is 0 Å². The van der Waals surface area contributed by atoms with Crippen LogP contribution in [-0.2, 0) is 9.53 Å². The number of nitrogens with zero attached hydrogens (tertiary/aromatic N) is 2. The third-order valence-electron chi connectivity index (χ3n) is 3.02. The Kier molecular flexibility index (Phi) is 6.77. The lowest BCUT2D eigenvalue weighted by Gasteiger charge is -2.13. The van der Waals surface area contributed by atoms with Crippen LogP contribution < -0.4 is 11.3 Å². The number of nitro groups is 2. The number of carbonyl (C=O) groups is 1. The van der Waals surface area contributed by atoms with Gasteiger partial charge in [0.1, 0.15) is 11.8 Å². The van der Waals surface area contributed by atoms with Crippen LogP contribution in [0.15, 0.2) is 29.7 Å². The lowest BCUT2D eigenvalue weighted by atomic mass is 10.2. The van der Waals surface area contributed by atoms with Gasteiger partial charge in [-0.1, -0.05) is 0 Å². The van der Waals surface area contributed by atoms with Crippen LogP contribution in [0.4, 0.5) is 17.1 Å². The largest absolute Gasteiger partial charge is 0.505 e. The first kappa shape index (κ1) is 20.6. The molecule has 26 heavy (non-hydrogen) atoms. The van der Waals surface area contributed by atoms with Gasteiger partial charge in [0, 0.05) is 6.07 Å². The molecule has 2 atom stereocenters. The molecule has 0 aliphatic carbocycles. The molecule has 14 heteroatoms. The van der Waals surface area contributed by atoms with E-state index in [-0.39, 0.29) is 11.4 Å². The summed E-state index contributed by atoms with van der Waals surface area (Å²) < 4.78 is 4.32. The molecule has 0 radical (unpaired) electrons. The van der Waals surface area contributed by atoms with E-state index in [0.29, 0.717) is 0 Å². The van der Waals surface area contributed by atoms with Crippen molar-refractivity contribution in [2.75, 3.05) is 12.0 Å². The average molecular weight is 374 g/mol. The molecule has 1 heterocycles. The van der Waals surface area contributed by atoms with Crippen molar-refractivity contribution in [2.24, 2.45) is 5.84 Å². The maximum absolute atomic E-state index is 10.5. The molecule has 1 aromatic carbocycles. The first-order valence-electron chi connectivity index (χ1n) is 6.65. The zero-order valence-electron chi connectivity index (χ0n) is 12.8. The van der Waals surface area contributed by atoms with Gasteiger partial charge >= 0.3 is 11.7 Å². The van der Waals surface area contributed by atoms with Crippen molar-refractivity contribution >= 4 is 23.0 Å². The smallest absolute Gasteiger partial charge is 0.377 e. The molecule has 0 spiro atoms. The van der Waals surface area contributed by atoms with Gasteiger partial charge in [-0.2, -0.15) is 0 Å². The zero-order chi connectivity index (χ0) is 20.0. The van der Waals surface area contributed by atoms with Crippen molar-refractivity contribution < 1.29 is 39.8 Å². The molecule has 0 amide bonds. The number of carbonyl (C=O) groups excluding carboxylic acids is 1. The summed E-state index contributed by atoms with van der Waals surface area (Å²) >= 11 is 0. The molecule has 7 N–H and O–H groups in total. The van der Waals surface area contributed by atoms with E-state index in [0.717, 1.165) is 12.1 Å². The maximum atomic E-state index is 10.5. The number of benzene rings is 1. The van der Waals surface area contributed by atoms with Crippen LogP contribution in [0, 0.1) is 20.2 Å². The summed E-state index contributed by atoms with van der Waals surface area (Å²) in [4.78, 5) is 29.8. The van der Waals surface area contributed by atoms with Gasteiger partial charge in [0.15, 0.2) is 11.9 Å². The number of nitrogens with two attached hydrogens (primary N) is 1. The molecular formula is C12H14N4O10. The number of hydrogen-bond donors (Lipinski definition) is 6. The lowest BCUT2D eigenvalue weighted by Crippen LogP contribution is -2.31. The van der Waals surface area contributed by atoms with E-state index in [1.54, 1.807) is 0 Å². The van der Waals surface area contributed by atoms with Gasteiger partial charge in [-0.25, -0.2) is 4.79 Å². The van der Waals surface area contributed by atoms with E-state index in [9.17, 15) is 25.0 Å². The van der Waals surface area contributed by atoms with Crippen molar-refractivity contribution in [1.29, 1.82) is 0 Å². The number of nitrogens with one attached hydrogen (secondary N) is 1. The Balaban J connectivity index is 0.000000263. The van der Waals surface area contributed by atoms with Crippen LogP contribution in [0.1, 0.15) is 0 Å². The Morgan fingerprint density at radius 1 is 1.27 bits per heavy atom. The molecule has 1 aliphatic rings. The van der Waals surface area contributed by atoms with E-state index >= 15 is 0 Å². The van der Waals surface area contributed by atoms with Gasteiger partial charge in [0.05, 0.1) is 22.5 Å². The number of aliphatic hydroxyl groups is 4. The fourth-order valence-corrected chi connectivity index (χ4v) is 1.73. The normalized spacial score (nSPS) is 17.0. The Hall–Kier alpha value is -3.49. The highest BCUT2D eigenvalue weighted by Crippen LogP contribution is 2.27. The van der Waals surface area contributed by atoms with Gasteiger partial charge in [0.2, 0.25) is 5.76 Å². The minimum Gasteiger partial charge on any atom is -0.505 e. The summed E-state index contributed by atoms with van der Waals surface area (Å²) in [6.45, 7) is -0.671. The summed E-state index contributed by atoms with van der Waals surface area (Å²) in [5.74, 6) is 2.21. The highest BCUT2D eigenvalue weighted by molar-refractivity contribution is 5.89. The number of hydrogen-bond acceptors (Lipinski definition) is 12. The number of ether oxygens (including phenoxy) is 1. The van der Waals surface area contributed by atoms with E-state index in [2.05, 4.69) is 10.2 Å². The SMILES string of the molecule is NNc1ccc([N+](=O)[O-])cc1[N+](=O)[O-].O=C1O[C@H]([C@@H](O)CO)C(O)=C1O. The molecule has 0 aromatic heterocycles. The lowest BCUT2D eigenvalue weighted by molar-refractivity contribution is -0.393. The molecule has 0 fully saturated rings. The number of esters is 1. The van der Waals surface area contributed by atoms with E-state index in [4.69, 9.17) is 26.3 Å². The Morgan fingerprint density at radius 3 is 2.27 bits per heavy atom. The standard InChI is InChI=1S/C6H6N4O4.C6H8O6/c7-8-5-2-1-4(9(11)12)3-6(5)10(13)14;7-1-2(8)5-3(9)4(10)6(11)12-5/h1-3,8H,7H2;2,5,7-10H,1H2/t;2-,5+/m.0/s1. The van der Waals surface area contributed by atoms with E-state index < -0.39 is 51.8 Å². The number of cyclic esters (lactones) is 1. The third-order valence-corrected chi connectivity index (χ3v) is 3.02. The van der Waals surface area contributed by atoms with Gasteiger partial charge in [-0.15, -0.1) is 0 Å². The van der Waals surface area contributed by atoms with Crippen molar-refractivity contribution in [3.05, 3.63) is 49.9 Å². The molecule has 0 saturated carbocycles. The van der Waals surface area contributed by atoms with Gasteiger partial charge in [-0.3, -0.25) is 26.1 Å². The topological polar surface area (TPSA) is 232 Å². The van der Waals surface area contributed by atoms with Gasteiger partial charge in [0.25, 0.3) is 5.69 Å². The fraction of sp³-hybridized carbons (Fsp3) is 0.250. The second-order valence-corrected chi connectivity index (χ2v) is 4.67. The Morgan fingerprint density at radius 2 is 1.88 bits per heavy atom. The van der Waals surface area contributed by atoms with Crippen molar-refractivity contribution in [2.45, 2.75) is 12.2 Å². The fourth-order valence-electron chi connectivity index (χ4n) is 1.73. The Labute approximate surface area is 144 Å². The third kappa shape index (κ3) is 4.53. The van der Waals surface area contributed by atoms with E-state index in [1.165, 1.54) is 6.07 Å². The summed E-state index contributed by atoms with van der Waals surface area (Å²) in [7, 11) is 0. The Bertz CT molecular complexity index is 750. The van der Waals surface area contributed by atoms with Crippen molar-refractivity contribution in [3.63, 3.8) is 0 Å². The number of nitrogen functional groups attached to an aromatic ring is 1. The minimum absolute atomic E-state index is 0.0283. The van der Waals surface area contributed by atoms with Crippen LogP contribution in [0.3, 0.4) is 0 Å². The van der Waals surface area contributed by atoms with Gasteiger partial charge in [-0.05, 0) is 6.07 Å². The first-order valence-corrected chi connectivity index (χ1v) is 6.65. The molecular weight excluding hydrogens is 360 g/mol. The predicted molar refractivity (Wildman–Crippen MR) is 82.8 cm³/mol. The summed E-state index contributed by atoms with van der Waals surface area (Å²) in [6.07, 6.45) is -2.78. The van der Waals surface area contributed by atoms with Crippen LogP contribution in [0.25, 0.3) is 0 Å². The summed E-state index contributed by atoms with van der Waals surface area (Å²) in [5.41, 5.74) is 1.33. The quantitative estimate of drug-likeness (QED) is 0.164. The molecule has 0 saturated heterocycles. The van der Waals surface area contributed by atoms with Crippen LogP contribution >= 0.6 is 0 Å². The number of rotatable bonds is 5.